The summed E-state index contributed by atoms with van der Waals surface area (Å²) >= 11 is 0. The van der Waals surface area contributed by atoms with Crippen LogP contribution in [0.25, 0.3) is 0 Å². The lowest BCUT2D eigenvalue weighted by atomic mass is 9.89. The molecular formula is C13H13F2NO3. The van der Waals surface area contributed by atoms with Crippen molar-refractivity contribution in [3.63, 3.8) is 0 Å². The second-order valence-electron chi connectivity index (χ2n) is 4.33. The molecule has 0 unspecified atom stereocenters. The number of halogens is 2. The van der Waals surface area contributed by atoms with Gasteiger partial charge in [-0.1, -0.05) is 6.92 Å². The van der Waals surface area contributed by atoms with Crippen molar-refractivity contribution >= 4 is 12.1 Å². The van der Waals surface area contributed by atoms with Crippen LogP contribution in [0.1, 0.15) is 24.0 Å². The third-order valence-electron chi connectivity index (χ3n) is 3.24. The Labute approximate surface area is 108 Å². The third kappa shape index (κ3) is 3.23. The first-order valence-electron chi connectivity index (χ1n) is 5.64. The molecule has 2 atom stereocenters. The summed E-state index contributed by atoms with van der Waals surface area (Å²) in [4.78, 5) is 27.5. The van der Waals surface area contributed by atoms with E-state index in [-0.39, 0.29) is 29.5 Å². The third-order valence-corrected chi connectivity index (χ3v) is 3.24. The van der Waals surface area contributed by atoms with Crippen molar-refractivity contribution in [3.8, 4) is 0 Å². The minimum atomic E-state index is -0.554. The highest BCUT2D eigenvalue weighted by molar-refractivity contribution is 5.81. The minimum absolute atomic E-state index is 0.0219. The second kappa shape index (κ2) is 6.20. The van der Waals surface area contributed by atoms with E-state index >= 15 is 0 Å². The SMILES string of the molecule is Cc1c(F)cc([C@@H]2CNC(=O)[C@H]2C)cc1F.O=C=O. The maximum atomic E-state index is 13.4. The van der Waals surface area contributed by atoms with Crippen LogP contribution < -0.4 is 5.32 Å². The smallest absolute Gasteiger partial charge is 0.355 e. The van der Waals surface area contributed by atoms with Crippen LogP contribution in [-0.4, -0.2) is 18.6 Å². The van der Waals surface area contributed by atoms with E-state index in [1.54, 1.807) is 6.92 Å². The van der Waals surface area contributed by atoms with Crippen LogP contribution in [0.4, 0.5) is 8.78 Å². The molecule has 1 heterocycles. The van der Waals surface area contributed by atoms with E-state index in [1.807, 2.05) is 0 Å². The average molecular weight is 269 g/mol. The number of nitrogens with one attached hydrogen (secondary N) is 1. The molecular weight excluding hydrogens is 256 g/mol. The van der Waals surface area contributed by atoms with Gasteiger partial charge in [0.15, 0.2) is 0 Å². The molecule has 19 heavy (non-hydrogen) atoms. The van der Waals surface area contributed by atoms with Gasteiger partial charge in [0.05, 0.1) is 0 Å². The highest BCUT2D eigenvalue weighted by atomic mass is 19.1. The number of carbonyl (C=O) groups is 1. The van der Waals surface area contributed by atoms with Crippen LogP contribution in [-0.2, 0) is 14.4 Å². The first kappa shape index (κ1) is 15.0. The molecule has 4 nitrogen and oxygen atoms in total. The van der Waals surface area contributed by atoms with E-state index in [9.17, 15) is 13.6 Å². The maximum absolute atomic E-state index is 13.4. The molecule has 1 aliphatic heterocycles. The van der Waals surface area contributed by atoms with Crippen LogP contribution in [0.5, 0.6) is 0 Å². The number of benzene rings is 1. The summed E-state index contributed by atoms with van der Waals surface area (Å²) in [6, 6.07) is 2.64. The summed E-state index contributed by atoms with van der Waals surface area (Å²) in [5, 5.41) is 2.69. The van der Waals surface area contributed by atoms with Gasteiger partial charge in [0, 0.05) is 23.9 Å². The Morgan fingerprint density at radius 2 is 1.74 bits per heavy atom. The molecule has 0 aromatic heterocycles. The first-order chi connectivity index (χ1) is 8.92. The molecule has 2 rings (SSSR count). The molecule has 1 amide bonds. The van der Waals surface area contributed by atoms with E-state index in [0.717, 1.165) is 0 Å². The number of hydrogen-bond donors (Lipinski definition) is 1. The fourth-order valence-electron chi connectivity index (χ4n) is 2.02. The normalized spacial score (nSPS) is 21.2. The molecule has 6 heteroatoms. The van der Waals surface area contributed by atoms with Crippen LogP contribution >= 0.6 is 0 Å². The summed E-state index contributed by atoms with van der Waals surface area (Å²) < 4.78 is 26.7. The molecule has 1 aromatic rings. The number of hydrogen-bond acceptors (Lipinski definition) is 3. The Hall–Kier alpha value is -2.07. The van der Waals surface area contributed by atoms with E-state index in [4.69, 9.17) is 9.59 Å². The van der Waals surface area contributed by atoms with Gasteiger partial charge in [-0.3, -0.25) is 4.79 Å². The number of rotatable bonds is 1. The predicted molar refractivity (Wildman–Crippen MR) is 61.0 cm³/mol. The second-order valence-corrected chi connectivity index (χ2v) is 4.33. The fourth-order valence-corrected chi connectivity index (χ4v) is 2.02. The molecule has 0 bridgehead atoms. The Morgan fingerprint density at radius 3 is 2.11 bits per heavy atom. The summed E-state index contributed by atoms with van der Waals surface area (Å²) in [6.45, 7) is 3.61. The Morgan fingerprint density at radius 1 is 1.26 bits per heavy atom. The lowest BCUT2D eigenvalue weighted by molar-refractivity contribution is -0.191. The largest absolute Gasteiger partial charge is 0.373 e. The van der Waals surface area contributed by atoms with Crippen LogP contribution in [0, 0.1) is 24.5 Å². The molecule has 0 spiro atoms. The van der Waals surface area contributed by atoms with Gasteiger partial charge in [-0.25, -0.2) is 8.78 Å². The lowest BCUT2D eigenvalue weighted by Gasteiger charge is -2.14. The van der Waals surface area contributed by atoms with Crippen molar-refractivity contribution in [1.82, 2.24) is 5.32 Å². The van der Waals surface area contributed by atoms with Gasteiger partial charge in [0.1, 0.15) is 11.6 Å². The zero-order chi connectivity index (χ0) is 14.6. The molecule has 0 aliphatic carbocycles. The summed E-state index contributed by atoms with van der Waals surface area (Å²) in [5.74, 6) is -1.55. The van der Waals surface area contributed by atoms with E-state index in [1.165, 1.54) is 19.1 Å². The summed E-state index contributed by atoms with van der Waals surface area (Å²) in [7, 11) is 0. The molecule has 0 saturated carbocycles. The molecule has 1 N–H and O–H groups in total. The van der Waals surface area contributed by atoms with Crippen molar-refractivity contribution < 1.29 is 23.2 Å². The Balaban J connectivity index is 0.000000550. The Kier molecular flexibility index (Phi) is 4.89. The predicted octanol–water partition coefficient (Wildman–Crippen LogP) is 1.54. The van der Waals surface area contributed by atoms with Crippen molar-refractivity contribution in [2.24, 2.45) is 5.92 Å². The van der Waals surface area contributed by atoms with E-state index in [2.05, 4.69) is 5.32 Å². The van der Waals surface area contributed by atoms with Gasteiger partial charge >= 0.3 is 6.15 Å². The summed E-state index contributed by atoms with van der Waals surface area (Å²) in [6.07, 6.45) is 0.250. The number of amides is 1. The van der Waals surface area contributed by atoms with E-state index in [0.29, 0.717) is 12.1 Å². The standard InChI is InChI=1S/C12H13F2NO.CO2/c1-6-9(5-15-12(6)16)8-3-10(13)7(2)11(14)4-8;2-1-3/h3-4,6,9H,5H2,1-2H3,(H,15,16);/t6-,9+;/m0./s1. The Bertz CT molecular complexity index is 502. The van der Waals surface area contributed by atoms with Gasteiger partial charge in [-0.15, -0.1) is 0 Å². The summed E-state index contributed by atoms with van der Waals surface area (Å²) in [5.41, 5.74) is 0.570. The zero-order valence-corrected chi connectivity index (χ0v) is 10.5. The maximum Gasteiger partial charge on any atom is 0.373 e. The van der Waals surface area contributed by atoms with Crippen molar-refractivity contribution in [2.75, 3.05) is 6.54 Å². The van der Waals surface area contributed by atoms with Crippen molar-refractivity contribution in [2.45, 2.75) is 19.8 Å². The fraction of sp³-hybridized carbons (Fsp3) is 0.385. The monoisotopic (exact) mass is 269 g/mol. The van der Waals surface area contributed by atoms with Crippen LogP contribution in [0.3, 0.4) is 0 Å². The first-order valence-corrected chi connectivity index (χ1v) is 5.64. The molecule has 1 fully saturated rings. The zero-order valence-electron chi connectivity index (χ0n) is 10.5. The molecule has 1 saturated heterocycles. The quantitative estimate of drug-likeness (QED) is 0.841. The van der Waals surface area contributed by atoms with Gasteiger partial charge < -0.3 is 5.32 Å². The highest BCUT2D eigenvalue weighted by Crippen LogP contribution is 2.30. The number of carbonyl (C=O) groups excluding carboxylic acids is 3. The topological polar surface area (TPSA) is 63.2 Å². The lowest BCUT2D eigenvalue weighted by Crippen LogP contribution is -2.16. The molecule has 0 radical (unpaired) electrons. The highest BCUT2D eigenvalue weighted by Gasteiger charge is 2.32. The van der Waals surface area contributed by atoms with Crippen molar-refractivity contribution in [3.05, 3.63) is 34.9 Å². The minimum Gasteiger partial charge on any atom is -0.355 e. The molecule has 102 valence electrons. The van der Waals surface area contributed by atoms with Crippen LogP contribution in [0.2, 0.25) is 0 Å². The van der Waals surface area contributed by atoms with Gasteiger partial charge in [-0.2, -0.15) is 9.59 Å². The van der Waals surface area contributed by atoms with Gasteiger partial charge in [0.2, 0.25) is 5.91 Å². The molecule has 1 aliphatic rings. The van der Waals surface area contributed by atoms with Crippen molar-refractivity contribution in [1.29, 1.82) is 0 Å². The van der Waals surface area contributed by atoms with Gasteiger partial charge in [0.25, 0.3) is 0 Å². The van der Waals surface area contributed by atoms with E-state index < -0.39 is 11.6 Å². The molecule has 1 aromatic carbocycles. The average Bonchev–Trinajstić information content (AvgIpc) is 2.68. The van der Waals surface area contributed by atoms with Gasteiger partial charge in [-0.05, 0) is 24.6 Å². The van der Waals surface area contributed by atoms with Crippen LogP contribution in [0.15, 0.2) is 12.1 Å².